The molecule has 4 aromatic rings. The van der Waals surface area contributed by atoms with Gasteiger partial charge in [-0.3, -0.25) is 28.9 Å². The average molecular weight is 901 g/mol. The first-order valence-corrected chi connectivity index (χ1v) is 21.2. The van der Waals surface area contributed by atoms with Gasteiger partial charge in [0.25, 0.3) is 5.91 Å². The van der Waals surface area contributed by atoms with Crippen LogP contribution in [0.15, 0.2) is 83.8 Å². The zero-order valence-electron chi connectivity index (χ0n) is 35.8. The quantitative estimate of drug-likeness (QED) is 0.0737. The van der Waals surface area contributed by atoms with Crippen LogP contribution < -0.4 is 30.3 Å². The largest absolute Gasteiger partial charge is 0.586 e. The Labute approximate surface area is 373 Å². The van der Waals surface area contributed by atoms with Crippen LogP contribution in [0.4, 0.5) is 20.5 Å². The van der Waals surface area contributed by atoms with Crippen LogP contribution in [-0.2, 0) is 45.2 Å². The van der Waals surface area contributed by atoms with Crippen molar-refractivity contribution < 1.29 is 60.9 Å². The Morgan fingerprint density at radius 2 is 1.58 bits per heavy atom. The third kappa shape index (κ3) is 11.9. The highest BCUT2D eigenvalue weighted by Gasteiger charge is 2.53. The summed E-state index contributed by atoms with van der Waals surface area (Å²) in [5.41, 5.74) is 2.14. The van der Waals surface area contributed by atoms with Gasteiger partial charge in [0.05, 0.1) is 50.8 Å². The van der Waals surface area contributed by atoms with E-state index in [4.69, 9.17) is 18.6 Å². The van der Waals surface area contributed by atoms with Crippen molar-refractivity contribution in [2.45, 2.75) is 44.3 Å². The molecule has 0 radical (unpaired) electrons. The number of aryl methyl sites for hydroxylation is 2. The van der Waals surface area contributed by atoms with Gasteiger partial charge in [0.15, 0.2) is 11.5 Å². The number of nitrogens with zero attached hydrogens (tertiary/aromatic N) is 3. The van der Waals surface area contributed by atoms with E-state index in [9.17, 15) is 32.8 Å². The molecule has 3 N–H and O–H groups in total. The van der Waals surface area contributed by atoms with Gasteiger partial charge >= 0.3 is 6.29 Å². The van der Waals surface area contributed by atoms with Crippen molar-refractivity contribution in [3.63, 3.8) is 0 Å². The maximum Gasteiger partial charge on any atom is 0.586 e. The highest BCUT2D eigenvalue weighted by molar-refractivity contribution is 6.01. The second kappa shape index (κ2) is 20.9. The molecule has 17 nitrogen and oxygen atoms in total. The SMILES string of the molecule is C=CC(=O)N1CCN(c2ccc(CCC(=O)NCCOCCOCCOCCNC(=O)c3cccc(-c4nc(NC(=O)C5(c6ccc7c(c6)OC(F)(F)O7)CC5)ccc4C)c3)o2)C(=O)C1. The predicted octanol–water partition coefficient (Wildman–Crippen LogP) is 4.53. The monoisotopic (exact) mass is 900 g/mol. The average Bonchev–Trinajstić information content (AvgIpc) is 3.87. The molecule has 4 heterocycles. The van der Waals surface area contributed by atoms with Gasteiger partial charge in [-0.1, -0.05) is 30.8 Å². The van der Waals surface area contributed by atoms with Gasteiger partial charge in [0, 0.05) is 56.2 Å². The van der Waals surface area contributed by atoms with Crippen molar-refractivity contribution >= 4 is 41.2 Å². The van der Waals surface area contributed by atoms with Gasteiger partial charge in [-0.15, -0.1) is 8.78 Å². The Hall–Kier alpha value is -6.70. The van der Waals surface area contributed by atoms with E-state index in [1.165, 1.54) is 28.0 Å². The van der Waals surface area contributed by atoms with E-state index in [0.717, 1.165) is 5.56 Å². The Balaban J connectivity index is 0.728. The number of anilines is 2. The van der Waals surface area contributed by atoms with E-state index in [1.807, 2.05) is 19.1 Å². The van der Waals surface area contributed by atoms with Gasteiger partial charge in [-0.25, -0.2) is 4.98 Å². The molecule has 1 aliphatic carbocycles. The Kier molecular flexibility index (Phi) is 14.9. The summed E-state index contributed by atoms with van der Waals surface area (Å²) >= 11 is 0. The highest BCUT2D eigenvalue weighted by atomic mass is 19.3. The van der Waals surface area contributed by atoms with E-state index in [2.05, 4.69) is 37.0 Å². The van der Waals surface area contributed by atoms with Crippen molar-refractivity contribution in [3.8, 4) is 22.8 Å². The van der Waals surface area contributed by atoms with Crippen LogP contribution in [0, 0.1) is 6.92 Å². The fourth-order valence-corrected chi connectivity index (χ4v) is 7.29. The molecule has 5 amide bonds. The van der Waals surface area contributed by atoms with Crippen LogP contribution in [0.5, 0.6) is 11.5 Å². The summed E-state index contributed by atoms with van der Waals surface area (Å²) in [5, 5.41) is 8.52. The number of halogens is 2. The third-order valence-electron chi connectivity index (χ3n) is 10.9. The third-order valence-corrected chi connectivity index (χ3v) is 10.9. The molecular formula is C46H50F2N6O11. The number of carbonyl (C=O) groups is 5. The molecule has 0 bridgehead atoms. The highest BCUT2D eigenvalue weighted by Crippen LogP contribution is 2.52. The summed E-state index contributed by atoms with van der Waals surface area (Å²) in [4.78, 5) is 70.7. The molecule has 65 heavy (non-hydrogen) atoms. The normalized spacial score (nSPS) is 15.6. The molecule has 7 rings (SSSR count). The number of rotatable bonds is 22. The molecule has 0 spiro atoms. The number of amides is 5. The van der Waals surface area contributed by atoms with E-state index >= 15 is 0 Å². The van der Waals surface area contributed by atoms with E-state index in [0.29, 0.717) is 112 Å². The van der Waals surface area contributed by atoms with Crippen LogP contribution >= 0.6 is 0 Å². The number of alkyl halides is 2. The Morgan fingerprint density at radius 1 is 0.862 bits per heavy atom. The molecule has 1 saturated heterocycles. The number of fused-ring (bicyclic) bond motifs is 1. The van der Waals surface area contributed by atoms with Gasteiger partial charge in [0.2, 0.25) is 29.5 Å². The molecule has 2 aromatic heterocycles. The number of furan rings is 1. The maximum atomic E-state index is 13.6. The van der Waals surface area contributed by atoms with Crippen molar-refractivity contribution in [2.24, 2.45) is 0 Å². The van der Waals surface area contributed by atoms with Crippen LogP contribution in [0.25, 0.3) is 11.3 Å². The molecule has 2 fully saturated rings. The molecule has 344 valence electrons. The minimum Gasteiger partial charge on any atom is -0.445 e. The lowest BCUT2D eigenvalue weighted by atomic mass is 9.94. The maximum absolute atomic E-state index is 13.6. The lowest BCUT2D eigenvalue weighted by Gasteiger charge is -2.32. The summed E-state index contributed by atoms with van der Waals surface area (Å²) < 4.78 is 58.6. The lowest BCUT2D eigenvalue weighted by molar-refractivity contribution is -0.286. The zero-order chi connectivity index (χ0) is 46.0. The van der Waals surface area contributed by atoms with Crippen molar-refractivity contribution in [1.82, 2.24) is 20.5 Å². The topological polar surface area (TPSA) is 200 Å². The summed E-state index contributed by atoms with van der Waals surface area (Å²) in [7, 11) is 0. The Bertz CT molecular complexity index is 2400. The van der Waals surface area contributed by atoms with Gasteiger partial charge in [0.1, 0.15) is 18.1 Å². The van der Waals surface area contributed by atoms with Crippen molar-refractivity contribution in [3.05, 3.63) is 102 Å². The first kappa shape index (κ1) is 46.3. The smallest absolute Gasteiger partial charge is 0.445 e. The number of carbonyl (C=O) groups excluding carboxylic acids is 5. The van der Waals surface area contributed by atoms with E-state index in [-0.39, 0.29) is 67.2 Å². The molecular weight excluding hydrogens is 851 g/mol. The Morgan fingerprint density at radius 3 is 2.31 bits per heavy atom. The number of aromatic nitrogens is 1. The number of piperazine rings is 1. The summed E-state index contributed by atoms with van der Waals surface area (Å²) in [6, 6.07) is 18.3. The first-order chi connectivity index (χ1) is 31.3. The number of pyridine rings is 1. The van der Waals surface area contributed by atoms with E-state index in [1.54, 1.807) is 42.5 Å². The van der Waals surface area contributed by atoms with Gasteiger partial charge < -0.3 is 49.0 Å². The van der Waals surface area contributed by atoms with Gasteiger partial charge in [-0.2, -0.15) is 0 Å². The van der Waals surface area contributed by atoms with Crippen LogP contribution in [0.1, 0.15) is 46.5 Å². The van der Waals surface area contributed by atoms with Crippen molar-refractivity contribution in [2.75, 3.05) is 82.6 Å². The zero-order valence-corrected chi connectivity index (χ0v) is 35.8. The fourth-order valence-electron chi connectivity index (χ4n) is 7.29. The second-order valence-electron chi connectivity index (χ2n) is 15.5. The number of benzene rings is 2. The summed E-state index contributed by atoms with van der Waals surface area (Å²) in [5.74, 6) is -0.266. The molecule has 2 aromatic carbocycles. The first-order valence-electron chi connectivity index (χ1n) is 21.2. The minimum atomic E-state index is -3.75. The summed E-state index contributed by atoms with van der Waals surface area (Å²) in [6.07, 6.45) is -0.953. The molecule has 19 heteroatoms. The number of hydrogen-bond acceptors (Lipinski definition) is 12. The van der Waals surface area contributed by atoms with Gasteiger partial charge in [-0.05, 0) is 73.4 Å². The standard InChI is InChI=1S/C46H50F2N6O11/c1-3-39(56)53-19-20-54(40(57)29-53)41-14-10-34(63-41)9-13-38(55)49-17-21-60-23-25-62-26-24-61-22-18-50-43(58)32-6-4-5-31(27-32)42-30(2)7-12-37(51-42)52-44(59)45(15-16-45)33-8-11-35-36(28-33)65-46(47,48)64-35/h3-8,10-12,14,27-28H,1,9,13,15-26,29H2,2H3,(H,49,55)(H,50,58)(H,51,52,59). The lowest BCUT2D eigenvalue weighted by Crippen LogP contribution is -2.52. The van der Waals surface area contributed by atoms with Crippen LogP contribution in [-0.4, -0.2) is 118 Å². The number of hydrogen-bond donors (Lipinski definition) is 3. The second-order valence-corrected chi connectivity index (χ2v) is 15.5. The van der Waals surface area contributed by atoms with Crippen molar-refractivity contribution in [1.29, 1.82) is 0 Å². The molecule has 1 saturated carbocycles. The molecule has 3 aliphatic rings. The fraction of sp³-hybridized carbons (Fsp3) is 0.391. The molecule has 2 aliphatic heterocycles. The van der Waals surface area contributed by atoms with Crippen LogP contribution in [0.2, 0.25) is 0 Å². The van der Waals surface area contributed by atoms with E-state index < -0.39 is 11.7 Å². The molecule has 0 atom stereocenters. The summed E-state index contributed by atoms with van der Waals surface area (Å²) in [6.45, 7) is 8.46. The number of nitrogens with one attached hydrogen (secondary N) is 3. The minimum absolute atomic E-state index is 0.0477. The predicted molar refractivity (Wildman–Crippen MR) is 231 cm³/mol. The van der Waals surface area contributed by atoms with Crippen LogP contribution in [0.3, 0.4) is 0 Å². The molecule has 0 unspecified atom stereocenters. The number of ether oxygens (including phenoxy) is 5.